The van der Waals surface area contributed by atoms with E-state index in [0.29, 0.717) is 19.7 Å². The number of nitrogens with zero attached hydrogens (tertiary/aromatic N) is 1. The third kappa shape index (κ3) is 3.63. The van der Waals surface area contributed by atoms with Crippen molar-refractivity contribution in [1.82, 2.24) is 4.90 Å². The van der Waals surface area contributed by atoms with Crippen LogP contribution in [0.5, 0.6) is 0 Å². The van der Waals surface area contributed by atoms with Crippen molar-refractivity contribution in [2.24, 2.45) is 5.73 Å². The lowest BCUT2D eigenvalue weighted by Crippen LogP contribution is -2.45. The van der Waals surface area contributed by atoms with Gasteiger partial charge in [0, 0.05) is 13.1 Å². The highest BCUT2D eigenvalue weighted by atomic mass is 19.1. The maximum atomic E-state index is 13.1. The zero-order valence-corrected chi connectivity index (χ0v) is 13.4. The van der Waals surface area contributed by atoms with Gasteiger partial charge in [0.1, 0.15) is 11.9 Å². The van der Waals surface area contributed by atoms with Crippen LogP contribution in [-0.2, 0) is 9.53 Å². The Kier molecular flexibility index (Phi) is 5.23. The quantitative estimate of drug-likeness (QED) is 0.938. The molecule has 1 fully saturated rings. The maximum absolute atomic E-state index is 13.1. The Morgan fingerprint density at radius 2 is 1.92 bits per heavy atom. The zero-order valence-electron chi connectivity index (χ0n) is 13.4. The number of nitrogens with two attached hydrogens (primary N) is 1. The molecule has 2 atom stereocenters. The molecule has 1 aliphatic heterocycles. The summed E-state index contributed by atoms with van der Waals surface area (Å²) >= 11 is 0. The summed E-state index contributed by atoms with van der Waals surface area (Å²) in [5.41, 5.74) is 7.65. The van der Waals surface area contributed by atoms with Gasteiger partial charge >= 0.3 is 0 Å². The first kappa shape index (κ1) is 16.6. The summed E-state index contributed by atoms with van der Waals surface area (Å²) in [7, 11) is 0. The number of carbonyl (C=O) groups is 1. The van der Waals surface area contributed by atoms with Crippen molar-refractivity contribution >= 4 is 5.91 Å². The van der Waals surface area contributed by atoms with Crippen LogP contribution in [-0.4, -0.2) is 37.0 Å². The highest BCUT2D eigenvalue weighted by molar-refractivity contribution is 5.84. The highest BCUT2D eigenvalue weighted by Crippen LogP contribution is 2.25. The van der Waals surface area contributed by atoms with Crippen LogP contribution < -0.4 is 5.73 Å². The minimum absolute atomic E-state index is 0.0131. The first-order valence-electron chi connectivity index (χ1n) is 8.10. The molecule has 0 radical (unpaired) electrons. The van der Waals surface area contributed by atoms with Crippen LogP contribution in [0.3, 0.4) is 0 Å². The lowest BCUT2D eigenvalue weighted by atomic mass is 9.97. The second-order valence-corrected chi connectivity index (χ2v) is 5.89. The van der Waals surface area contributed by atoms with Crippen molar-refractivity contribution in [2.45, 2.75) is 12.0 Å². The molecule has 2 N–H and O–H groups in total. The molecular weight excluding hydrogens is 307 g/mol. The molecule has 2 aromatic rings. The van der Waals surface area contributed by atoms with Crippen LogP contribution in [0.4, 0.5) is 4.39 Å². The van der Waals surface area contributed by atoms with Gasteiger partial charge in [-0.2, -0.15) is 0 Å². The van der Waals surface area contributed by atoms with Crippen molar-refractivity contribution in [2.75, 3.05) is 26.2 Å². The molecular formula is C19H21FN2O2. The van der Waals surface area contributed by atoms with Gasteiger partial charge in [0.15, 0.2) is 0 Å². The number of ether oxygens (including phenoxy) is 1. The van der Waals surface area contributed by atoms with Gasteiger partial charge in [-0.3, -0.25) is 4.79 Å². The van der Waals surface area contributed by atoms with E-state index >= 15 is 0 Å². The molecule has 5 heteroatoms. The first-order valence-corrected chi connectivity index (χ1v) is 8.10. The average Bonchev–Trinajstić information content (AvgIpc) is 2.64. The van der Waals surface area contributed by atoms with Gasteiger partial charge in [-0.15, -0.1) is 0 Å². The van der Waals surface area contributed by atoms with Crippen LogP contribution in [0, 0.1) is 5.82 Å². The minimum Gasteiger partial charge on any atom is -0.370 e. The normalized spacial score (nSPS) is 19.1. The molecule has 2 unspecified atom stereocenters. The molecule has 1 saturated heterocycles. The Labute approximate surface area is 141 Å². The standard InChI is InChI=1S/C19H21FN2O2/c20-16-8-6-15(7-9-16)18-13-22(10-11-24-18)19(23)17(12-21)14-4-2-1-3-5-14/h1-9,17-18H,10-13,21H2. The number of halogens is 1. The van der Waals surface area contributed by atoms with Gasteiger partial charge in [-0.25, -0.2) is 4.39 Å². The Balaban J connectivity index is 1.73. The summed E-state index contributed by atoms with van der Waals surface area (Å²) in [6, 6.07) is 15.8. The SMILES string of the molecule is NCC(C(=O)N1CCOC(c2ccc(F)cc2)C1)c1ccccc1. The van der Waals surface area contributed by atoms with Gasteiger partial charge in [0.2, 0.25) is 5.91 Å². The van der Waals surface area contributed by atoms with Crippen molar-refractivity contribution < 1.29 is 13.9 Å². The number of rotatable bonds is 4. The number of hydrogen-bond acceptors (Lipinski definition) is 3. The smallest absolute Gasteiger partial charge is 0.231 e. The van der Waals surface area contributed by atoms with E-state index in [9.17, 15) is 9.18 Å². The topological polar surface area (TPSA) is 55.6 Å². The molecule has 1 heterocycles. The lowest BCUT2D eigenvalue weighted by Gasteiger charge is -2.35. The van der Waals surface area contributed by atoms with E-state index in [1.807, 2.05) is 30.3 Å². The summed E-state index contributed by atoms with van der Waals surface area (Å²) in [5.74, 6) is -0.618. The Morgan fingerprint density at radius 3 is 2.58 bits per heavy atom. The third-order valence-corrected chi connectivity index (χ3v) is 4.36. The molecule has 1 aliphatic rings. The van der Waals surface area contributed by atoms with E-state index in [1.54, 1.807) is 17.0 Å². The summed E-state index contributed by atoms with van der Waals surface area (Å²) in [6.07, 6.45) is -0.238. The molecule has 126 valence electrons. The van der Waals surface area contributed by atoms with E-state index in [1.165, 1.54) is 12.1 Å². The molecule has 0 spiro atoms. The molecule has 3 rings (SSSR count). The van der Waals surface area contributed by atoms with E-state index in [2.05, 4.69) is 0 Å². The molecule has 4 nitrogen and oxygen atoms in total. The van der Waals surface area contributed by atoms with E-state index in [4.69, 9.17) is 10.5 Å². The summed E-state index contributed by atoms with van der Waals surface area (Å²) < 4.78 is 18.8. The van der Waals surface area contributed by atoms with Crippen LogP contribution in [0.15, 0.2) is 54.6 Å². The fourth-order valence-corrected chi connectivity index (χ4v) is 3.01. The fourth-order valence-electron chi connectivity index (χ4n) is 3.01. The lowest BCUT2D eigenvalue weighted by molar-refractivity contribution is -0.140. The van der Waals surface area contributed by atoms with E-state index < -0.39 is 0 Å². The molecule has 0 bridgehead atoms. The number of carbonyl (C=O) groups excluding carboxylic acids is 1. The summed E-state index contributed by atoms with van der Waals surface area (Å²) in [4.78, 5) is 14.7. The minimum atomic E-state index is -0.349. The number of morpholine rings is 1. The first-order chi connectivity index (χ1) is 11.7. The predicted molar refractivity (Wildman–Crippen MR) is 89.9 cm³/mol. The maximum Gasteiger partial charge on any atom is 0.231 e. The number of benzene rings is 2. The van der Waals surface area contributed by atoms with Gasteiger partial charge in [0.05, 0.1) is 19.1 Å². The molecule has 0 saturated carbocycles. The predicted octanol–water partition coefficient (Wildman–Crippen LogP) is 2.47. The van der Waals surface area contributed by atoms with Crippen molar-refractivity contribution in [1.29, 1.82) is 0 Å². The second-order valence-electron chi connectivity index (χ2n) is 5.89. The van der Waals surface area contributed by atoms with Crippen molar-refractivity contribution in [3.8, 4) is 0 Å². The zero-order chi connectivity index (χ0) is 16.9. The molecule has 0 aromatic heterocycles. The highest BCUT2D eigenvalue weighted by Gasteiger charge is 2.30. The average molecular weight is 328 g/mol. The molecule has 2 aromatic carbocycles. The summed E-state index contributed by atoms with van der Waals surface area (Å²) in [5, 5.41) is 0. The van der Waals surface area contributed by atoms with E-state index in [-0.39, 0.29) is 30.3 Å². The number of amides is 1. The van der Waals surface area contributed by atoms with Gasteiger partial charge < -0.3 is 15.4 Å². The number of hydrogen-bond donors (Lipinski definition) is 1. The third-order valence-electron chi connectivity index (χ3n) is 4.36. The van der Waals surface area contributed by atoms with Crippen LogP contribution in [0.1, 0.15) is 23.1 Å². The second kappa shape index (κ2) is 7.55. The summed E-state index contributed by atoms with van der Waals surface area (Å²) in [6.45, 7) is 1.72. The molecule has 24 heavy (non-hydrogen) atoms. The van der Waals surface area contributed by atoms with E-state index in [0.717, 1.165) is 11.1 Å². The van der Waals surface area contributed by atoms with Gasteiger partial charge in [0.25, 0.3) is 0 Å². The molecule has 1 amide bonds. The van der Waals surface area contributed by atoms with Gasteiger partial charge in [-0.1, -0.05) is 42.5 Å². The Morgan fingerprint density at radius 1 is 1.21 bits per heavy atom. The molecule has 0 aliphatic carbocycles. The van der Waals surface area contributed by atoms with Crippen molar-refractivity contribution in [3.63, 3.8) is 0 Å². The fraction of sp³-hybridized carbons (Fsp3) is 0.316. The monoisotopic (exact) mass is 328 g/mol. The van der Waals surface area contributed by atoms with Crippen LogP contribution >= 0.6 is 0 Å². The van der Waals surface area contributed by atoms with Crippen LogP contribution in [0.25, 0.3) is 0 Å². The Hall–Kier alpha value is -2.24. The van der Waals surface area contributed by atoms with Crippen LogP contribution in [0.2, 0.25) is 0 Å². The Bertz CT molecular complexity index is 676. The van der Waals surface area contributed by atoms with Crippen molar-refractivity contribution in [3.05, 3.63) is 71.5 Å². The largest absolute Gasteiger partial charge is 0.370 e. The van der Waals surface area contributed by atoms with Gasteiger partial charge in [-0.05, 0) is 23.3 Å².